The summed E-state index contributed by atoms with van der Waals surface area (Å²) in [7, 11) is 0. The maximum absolute atomic E-state index is 12.9. The van der Waals surface area contributed by atoms with Crippen LogP contribution in [0.2, 0.25) is 0 Å². The van der Waals surface area contributed by atoms with Crippen LogP contribution in [0.5, 0.6) is 0 Å². The second-order valence-electron chi connectivity index (χ2n) is 8.80. The van der Waals surface area contributed by atoms with Gasteiger partial charge in [-0.3, -0.25) is 4.79 Å². The molecule has 0 atom stereocenters. The van der Waals surface area contributed by atoms with Gasteiger partial charge in [-0.05, 0) is 50.5 Å². The number of nitrogens with zero attached hydrogens (tertiary/aromatic N) is 4. The molecule has 5 rings (SSSR count). The summed E-state index contributed by atoms with van der Waals surface area (Å²) in [6, 6.07) is 4.82. The number of aromatic amines is 1. The predicted molar refractivity (Wildman–Crippen MR) is 116 cm³/mol. The highest BCUT2D eigenvalue weighted by molar-refractivity contribution is 6.01. The van der Waals surface area contributed by atoms with E-state index >= 15 is 0 Å². The summed E-state index contributed by atoms with van der Waals surface area (Å²) in [6.07, 6.45) is 10.4. The summed E-state index contributed by atoms with van der Waals surface area (Å²) >= 11 is 0. The van der Waals surface area contributed by atoms with E-state index in [1.807, 2.05) is 12.3 Å². The number of hydrogen-bond acceptors (Lipinski definition) is 5. The number of H-pyrrole nitrogens is 1. The Labute approximate surface area is 181 Å². The van der Waals surface area contributed by atoms with Crippen LogP contribution < -0.4 is 5.32 Å². The van der Waals surface area contributed by atoms with Crippen LogP contribution in [0.15, 0.2) is 18.5 Å². The van der Waals surface area contributed by atoms with Gasteiger partial charge in [0.25, 0.3) is 0 Å². The molecule has 0 spiro atoms. The minimum absolute atomic E-state index is 0.0138. The number of rotatable bonds is 5. The van der Waals surface area contributed by atoms with Crippen LogP contribution in [0.1, 0.15) is 56.8 Å². The van der Waals surface area contributed by atoms with Crippen molar-refractivity contribution in [2.24, 2.45) is 5.92 Å². The van der Waals surface area contributed by atoms with Crippen LogP contribution in [0, 0.1) is 17.2 Å². The zero-order valence-corrected chi connectivity index (χ0v) is 17.6. The Morgan fingerprint density at radius 1 is 1.26 bits per heavy atom. The van der Waals surface area contributed by atoms with Gasteiger partial charge in [-0.25, -0.2) is 9.97 Å². The number of amides is 1. The molecule has 162 valence electrons. The lowest BCUT2D eigenvalue weighted by Crippen LogP contribution is -2.40. The number of carbonyl (C=O) groups excluding carboxylic acids is 1. The quantitative estimate of drug-likeness (QED) is 0.658. The van der Waals surface area contributed by atoms with Crippen LogP contribution in [0.3, 0.4) is 0 Å². The standard InChI is InChI=1S/C23H28N6O2/c24-9-5-15-1-3-17(4-2-15)29-20(13-21(30)27-16-7-11-31-12-8-16)28-19-14-26-23-18(22(19)29)6-10-25-23/h6,10,14-17H,1-5,7-8,11-13H2,(H,25,26)(H,27,30). The van der Waals surface area contributed by atoms with Crippen molar-refractivity contribution in [3.05, 3.63) is 24.3 Å². The first kappa shape index (κ1) is 20.0. The van der Waals surface area contributed by atoms with Crippen LogP contribution >= 0.6 is 0 Å². The molecule has 1 saturated heterocycles. The fourth-order valence-electron chi connectivity index (χ4n) is 5.16. The molecule has 0 bridgehead atoms. The van der Waals surface area contributed by atoms with E-state index in [1.165, 1.54) is 0 Å². The van der Waals surface area contributed by atoms with Crippen molar-refractivity contribution >= 4 is 28.0 Å². The average molecular weight is 421 g/mol. The molecule has 1 saturated carbocycles. The van der Waals surface area contributed by atoms with E-state index in [-0.39, 0.29) is 24.4 Å². The average Bonchev–Trinajstić information content (AvgIpc) is 3.39. The molecular formula is C23H28N6O2. The Morgan fingerprint density at radius 3 is 2.84 bits per heavy atom. The number of pyridine rings is 1. The Hall–Kier alpha value is -2.92. The summed E-state index contributed by atoms with van der Waals surface area (Å²) in [5.41, 5.74) is 2.73. The number of aromatic nitrogens is 4. The summed E-state index contributed by atoms with van der Waals surface area (Å²) in [5, 5.41) is 13.3. The highest BCUT2D eigenvalue weighted by Crippen LogP contribution is 2.38. The lowest BCUT2D eigenvalue weighted by Gasteiger charge is -2.30. The Balaban J connectivity index is 1.46. The molecule has 3 aromatic heterocycles. The molecule has 0 radical (unpaired) electrons. The second kappa shape index (κ2) is 8.67. The maximum atomic E-state index is 12.9. The third kappa shape index (κ3) is 4.02. The van der Waals surface area contributed by atoms with Gasteiger partial charge in [0.05, 0.1) is 24.2 Å². The van der Waals surface area contributed by atoms with Gasteiger partial charge in [0.15, 0.2) is 0 Å². The number of nitrogens with one attached hydrogen (secondary N) is 2. The van der Waals surface area contributed by atoms with E-state index in [0.717, 1.165) is 66.4 Å². The fourth-order valence-corrected chi connectivity index (χ4v) is 5.16. The number of hydrogen-bond donors (Lipinski definition) is 2. The molecule has 1 amide bonds. The molecule has 0 unspecified atom stereocenters. The minimum atomic E-state index is 0.0138. The minimum Gasteiger partial charge on any atom is -0.381 e. The zero-order valence-electron chi connectivity index (χ0n) is 17.6. The van der Waals surface area contributed by atoms with Crippen molar-refractivity contribution in [3.63, 3.8) is 0 Å². The molecular weight excluding hydrogens is 392 g/mol. The van der Waals surface area contributed by atoms with Crippen molar-refractivity contribution in [2.45, 2.75) is 63.5 Å². The Kier molecular flexibility index (Phi) is 5.60. The van der Waals surface area contributed by atoms with Gasteiger partial charge >= 0.3 is 0 Å². The van der Waals surface area contributed by atoms with Gasteiger partial charge in [-0.15, -0.1) is 0 Å². The van der Waals surface area contributed by atoms with Crippen molar-refractivity contribution in [1.82, 2.24) is 24.8 Å². The van der Waals surface area contributed by atoms with Crippen molar-refractivity contribution in [2.75, 3.05) is 13.2 Å². The summed E-state index contributed by atoms with van der Waals surface area (Å²) in [4.78, 5) is 25.4. The monoisotopic (exact) mass is 420 g/mol. The van der Waals surface area contributed by atoms with Gasteiger partial charge in [0.1, 0.15) is 17.0 Å². The van der Waals surface area contributed by atoms with Crippen LogP contribution in [0.4, 0.5) is 0 Å². The molecule has 31 heavy (non-hydrogen) atoms. The molecule has 1 aliphatic carbocycles. The molecule has 2 fully saturated rings. The van der Waals surface area contributed by atoms with Gasteiger partial charge in [0.2, 0.25) is 5.91 Å². The molecule has 0 aromatic carbocycles. The van der Waals surface area contributed by atoms with Gasteiger partial charge in [0, 0.05) is 43.3 Å². The third-order valence-corrected chi connectivity index (χ3v) is 6.77. The van der Waals surface area contributed by atoms with E-state index in [0.29, 0.717) is 25.6 Å². The largest absolute Gasteiger partial charge is 0.381 e. The lowest BCUT2D eigenvalue weighted by atomic mass is 9.84. The second-order valence-corrected chi connectivity index (χ2v) is 8.80. The topological polar surface area (TPSA) is 109 Å². The van der Waals surface area contributed by atoms with E-state index in [1.54, 1.807) is 6.20 Å². The van der Waals surface area contributed by atoms with E-state index in [4.69, 9.17) is 15.0 Å². The van der Waals surface area contributed by atoms with E-state index in [2.05, 4.69) is 25.9 Å². The molecule has 4 heterocycles. The predicted octanol–water partition coefficient (Wildman–Crippen LogP) is 3.40. The maximum Gasteiger partial charge on any atom is 0.227 e. The van der Waals surface area contributed by atoms with Crippen LogP contribution in [0.25, 0.3) is 22.1 Å². The Bertz CT molecular complexity index is 1110. The molecule has 2 aliphatic rings. The summed E-state index contributed by atoms with van der Waals surface area (Å²) < 4.78 is 7.69. The van der Waals surface area contributed by atoms with E-state index in [9.17, 15) is 4.79 Å². The third-order valence-electron chi connectivity index (χ3n) is 6.77. The van der Waals surface area contributed by atoms with Crippen molar-refractivity contribution in [1.29, 1.82) is 5.26 Å². The van der Waals surface area contributed by atoms with Gasteiger partial charge in [-0.2, -0.15) is 5.26 Å². The summed E-state index contributed by atoms with van der Waals surface area (Å²) in [6.45, 7) is 1.40. The fraction of sp³-hybridized carbons (Fsp3) is 0.565. The SMILES string of the molecule is N#CCC1CCC(n2c(CC(=O)NC3CCOCC3)nc3cnc4[nH]ccc4c32)CC1. The first-order chi connectivity index (χ1) is 15.2. The van der Waals surface area contributed by atoms with Crippen molar-refractivity contribution < 1.29 is 9.53 Å². The number of ether oxygens (including phenoxy) is 1. The molecule has 8 nitrogen and oxygen atoms in total. The first-order valence-corrected chi connectivity index (χ1v) is 11.3. The smallest absolute Gasteiger partial charge is 0.227 e. The first-order valence-electron chi connectivity index (χ1n) is 11.3. The van der Waals surface area contributed by atoms with E-state index < -0.39 is 0 Å². The normalized spacial score (nSPS) is 22.5. The highest BCUT2D eigenvalue weighted by Gasteiger charge is 2.28. The molecule has 3 aromatic rings. The number of nitriles is 1. The Morgan fingerprint density at radius 2 is 2.06 bits per heavy atom. The number of imidazole rings is 1. The molecule has 1 aliphatic heterocycles. The van der Waals surface area contributed by atoms with Gasteiger partial charge in [-0.1, -0.05) is 0 Å². The zero-order chi connectivity index (χ0) is 21.2. The lowest BCUT2D eigenvalue weighted by molar-refractivity contribution is -0.121. The van der Waals surface area contributed by atoms with Crippen molar-refractivity contribution in [3.8, 4) is 6.07 Å². The van der Waals surface area contributed by atoms with Gasteiger partial charge < -0.3 is 19.6 Å². The highest BCUT2D eigenvalue weighted by atomic mass is 16.5. The van der Waals surface area contributed by atoms with Crippen LogP contribution in [-0.2, 0) is 16.0 Å². The van der Waals surface area contributed by atoms with Crippen LogP contribution in [-0.4, -0.2) is 44.7 Å². The number of carbonyl (C=O) groups is 1. The number of fused-ring (bicyclic) bond motifs is 3. The molecule has 2 N–H and O–H groups in total. The molecule has 8 heteroatoms. The summed E-state index contributed by atoms with van der Waals surface area (Å²) in [5.74, 6) is 1.30.